The minimum atomic E-state index is -0.622. The molecule has 11 nitrogen and oxygen atoms in total. The molecule has 27 heavy (non-hydrogen) atoms. The molecule has 0 amide bonds. The van der Waals surface area contributed by atoms with Crippen LogP contribution in [-0.4, -0.2) is 42.4 Å². The number of rotatable bonds is 3. The van der Waals surface area contributed by atoms with Gasteiger partial charge in [0, 0.05) is 18.3 Å². The number of hydrogen-bond acceptors (Lipinski definition) is 8. The lowest BCUT2D eigenvalue weighted by Gasteiger charge is -2.07. The van der Waals surface area contributed by atoms with Crippen LogP contribution in [0.3, 0.4) is 0 Å². The highest BCUT2D eigenvalue weighted by Crippen LogP contribution is 2.18. The summed E-state index contributed by atoms with van der Waals surface area (Å²) in [4.78, 5) is 35.0. The summed E-state index contributed by atoms with van der Waals surface area (Å²) in [5, 5.41) is 22.9. The Morgan fingerprint density at radius 2 is 2.07 bits per heavy atom. The SMILES string of the molecule is COC(=O)c1cnn2c1nnc1c(=O)n(-c3cccc([N+](=O)[O-])c3)ccc12. The molecular formula is C16H10N6O5. The number of ether oxygens (including phenoxy) is 1. The first kappa shape index (κ1) is 16.3. The van der Waals surface area contributed by atoms with Gasteiger partial charge in [-0.3, -0.25) is 19.5 Å². The van der Waals surface area contributed by atoms with E-state index in [2.05, 4.69) is 20.0 Å². The second-order valence-corrected chi connectivity index (χ2v) is 5.49. The molecule has 4 aromatic rings. The maximum Gasteiger partial charge on any atom is 0.343 e. The normalized spacial score (nSPS) is 11.0. The van der Waals surface area contributed by atoms with Crippen molar-refractivity contribution >= 4 is 28.3 Å². The minimum Gasteiger partial charge on any atom is -0.465 e. The molecule has 134 valence electrons. The molecule has 0 spiro atoms. The molecule has 11 heteroatoms. The molecule has 0 unspecified atom stereocenters. The first-order chi connectivity index (χ1) is 13.0. The first-order valence-corrected chi connectivity index (χ1v) is 7.60. The zero-order chi connectivity index (χ0) is 19.1. The van der Waals surface area contributed by atoms with Crippen LogP contribution < -0.4 is 5.56 Å². The van der Waals surface area contributed by atoms with Crippen LogP contribution in [0.5, 0.6) is 0 Å². The summed E-state index contributed by atoms with van der Waals surface area (Å²) in [5.74, 6) is -0.622. The number of pyridine rings is 1. The summed E-state index contributed by atoms with van der Waals surface area (Å²) in [6, 6.07) is 7.22. The lowest BCUT2D eigenvalue weighted by molar-refractivity contribution is -0.384. The summed E-state index contributed by atoms with van der Waals surface area (Å²) >= 11 is 0. The van der Waals surface area contributed by atoms with Gasteiger partial charge in [0.2, 0.25) is 0 Å². The Morgan fingerprint density at radius 3 is 2.81 bits per heavy atom. The van der Waals surface area contributed by atoms with Crippen LogP contribution in [0, 0.1) is 10.1 Å². The van der Waals surface area contributed by atoms with Gasteiger partial charge in [-0.05, 0) is 12.1 Å². The smallest absolute Gasteiger partial charge is 0.343 e. The van der Waals surface area contributed by atoms with Crippen molar-refractivity contribution in [3.05, 3.63) is 68.8 Å². The van der Waals surface area contributed by atoms with E-state index in [1.54, 1.807) is 12.1 Å². The van der Waals surface area contributed by atoms with Crippen LogP contribution in [-0.2, 0) is 4.74 Å². The van der Waals surface area contributed by atoms with E-state index in [-0.39, 0.29) is 22.4 Å². The van der Waals surface area contributed by atoms with Crippen LogP contribution >= 0.6 is 0 Å². The fourth-order valence-electron chi connectivity index (χ4n) is 2.71. The van der Waals surface area contributed by atoms with Crippen LogP contribution in [0.1, 0.15) is 10.4 Å². The summed E-state index contributed by atoms with van der Waals surface area (Å²) < 4.78 is 7.20. The highest BCUT2D eigenvalue weighted by atomic mass is 16.6. The third-order valence-corrected chi connectivity index (χ3v) is 3.99. The molecular weight excluding hydrogens is 356 g/mol. The van der Waals surface area contributed by atoms with Crippen LogP contribution in [0.25, 0.3) is 22.4 Å². The largest absolute Gasteiger partial charge is 0.465 e. The van der Waals surface area contributed by atoms with E-state index in [0.717, 1.165) is 0 Å². The third-order valence-electron chi connectivity index (χ3n) is 3.99. The molecule has 3 aromatic heterocycles. The quantitative estimate of drug-likeness (QED) is 0.299. The van der Waals surface area contributed by atoms with Crippen molar-refractivity contribution in [1.29, 1.82) is 0 Å². The number of non-ortho nitro benzene ring substituents is 1. The number of aromatic nitrogens is 5. The molecule has 1 aromatic carbocycles. The van der Waals surface area contributed by atoms with Crippen molar-refractivity contribution in [3.63, 3.8) is 0 Å². The Kier molecular flexibility index (Phi) is 3.62. The van der Waals surface area contributed by atoms with Crippen LogP contribution in [0.2, 0.25) is 0 Å². The highest BCUT2D eigenvalue weighted by Gasteiger charge is 2.18. The fraction of sp³-hybridized carbons (Fsp3) is 0.0625. The Bertz CT molecular complexity index is 1290. The van der Waals surface area contributed by atoms with E-state index in [1.807, 2.05) is 0 Å². The number of carbonyl (C=O) groups is 1. The summed E-state index contributed by atoms with van der Waals surface area (Å²) in [5.41, 5.74) is 0.247. The lowest BCUT2D eigenvalue weighted by atomic mass is 10.2. The number of nitro benzene ring substituents is 1. The second kappa shape index (κ2) is 5.98. The van der Waals surface area contributed by atoms with Gasteiger partial charge in [-0.15, -0.1) is 10.2 Å². The Labute approximate surface area is 149 Å². The molecule has 0 aliphatic rings. The average molecular weight is 366 g/mol. The van der Waals surface area contributed by atoms with Crippen molar-refractivity contribution < 1.29 is 14.5 Å². The van der Waals surface area contributed by atoms with E-state index in [1.165, 1.54) is 46.8 Å². The zero-order valence-electron chi connectivity index (χ0n) is 13.8. The number of carbonyl (C=O) groups excluding carboxylic acids is 1. The van der Waals surface area contributed by atoms with Gasteiger partial charge < -0.3 is 4.74 Å². The highest BCUT2D eigenvalue weighted by molar-refractivity contribution is 5.96. The number of nitrogens with zero attached hydrogens (tertiary/aromatic N) is 6. The molecule has 4 rings (SSSR count). The number of esters is 1. The van der Waals surface area contributed by atoms with Crippen molar-refractivity contribution in [2.24, 2.45) is 0 Å². The molecule has 0 fully saturated rings. The zero-order valence-corrected chi connectivity index (χ0v) is 13.8. The van der Waals surface area contributed by atoms with Gasteiger partial charge in [0.15, 0.2) is 11.2 Å². The van der Waals surface area contributed by atoms with Gasteiger partial charge in [0.1, 0.15) is 11.1 Å². The monoisotopic (exact) mass is 366 g/mol. The summed E-state index contributed by atoms with van der Waals surface area (Å²) in [7, 11) is 1.23. The van der Waals surface area contributed by atoms with Gasteiger partial charge in [-0.1, -0.05) is 6.07 Å². The number of hydrogen-bond donors (Lipinski definition) is 0. The predicted molar refractivity (Wildman–Crippen MR) is 91.9 cm³/mol. The van der Waals surface area contributed by atoms with Gasteiger partial charge in [-0.25, -0.2) is 9.31 Å². The van der Waals surface area contributed by atoms with Gasteiger partial charge >= 0.3 is 5.97 Å². The van der Waals surface area contributed by atoms with Crippen LogP contribution in [0.15, 0.2) is 47.5 Å². The molecule has 0 bridgehead atoms. The third kappa shape index (κ3) is 2.49. The standard InChI is InChI=1S/C16H10N6O5/c1-27-16(24)11-8-17-21-12-5-6-20(15(23)13(12)18-19-14(11)21)9-3-2-4-10(7-9)22(25)26/h2-8H,1H3. The molecule has 0 aliphatic heterocycles. The Morgan fingerprint density at radius 1 is 1.26 bits per heavy atom. The molecule has 3 heterocycles. The van der Waals surface area contributed by atoms with E-state index in [0.29, 0.717) is 11.2 Å². The molecule has 0 saturated heterocycles. The fourth-order valence-corrected chi connectivity index (χ4v) is 2.71. The molecule has 0 atom stereocenters. The van der Waals surface area contributed by atoms with E-state index >= 15 is 0 Å². The first-order valence-electron chi connectivity index (χ1n) is 7.60. The average Bonchev–Trinajstić information content (AvgIpc) is 3.12. The van der Waals surface area contributed by atoms with E-state index < -0.39 is 16.5 Å². The summed E-state index contributed by atoms with van der Waals surface area (Å²) in [6.45, 7) is 0. The molecule has 0 N–H and O–H groups in total. The van der Waals surface area contributed by atoms with Crippen molar-refractivity contribution in [2.45, 2.75) is 0 Å². The maximum atomic E-state index is 12.8. The number of benzene rings is 1. The lowest BCUT2D eigenvalue weighted by Crippen LogP contribution is -2.20. The number of nitro groups is 1. The van der Waals surface area contributed by atoms with Crippen molar-refractivity contribution in [2.75, 3.05) is 7.11 Å². The van der Waals surface area contributed by atoms with Gasteiger partial charge in [0.05, 0.1) is 23.9 Å². The summed E-state index contributed by atoms with van der Waals surface area (Å²) in [6.07, 6.45) is 2.73. The number of methoxy groups -OCH3 is 1. The minimum absolute atomic E-state index is 0.00368. The maximum absolute atomic E-state index is 12.8. The van der Waals surface area contributed by atoms with E-state index in [4.69, 9.17) is 0 Å². The predicted octanol–water partition coefficient (Wildman–Crippen LogP) is 1.12. The second-order valence-electron chi connectivity index (χ2n) is 5.49. The van der Waals surface area contributed by atoms with Gasteiger partial charge in [0.25, 0.3) is 11.2 Å². The molecule has 0 radical (unpaired) electrons. The van der Waals surface area contributed by atoms with E-state index in [9.17, 15) is 19.7 Å². The molecule has 0 saturated carbocycles. The van der Waals surface area contributed by atoms with Crippen molar-refractivity contribution in [3.8, 4) is 5.69 Å². The molecule has 0 aliphatic carbocycles. The number of fused-ring (bicyclic) bond motifs is 3. The Hall–Kier alpha value is -4.15. The van der Waals surface area contributed by atoms with Gasteiger partial charge in [-0.2, -0.15) is 5.10 Å². The van der Waals surface area contributed by atoms with Crippen LogP contribution in [0.4, 0.5) is 5.69 Å². The topological polar surface area (TPSA) is 135 Å². The van der Waals surface area contributed by atoms with Crippen molar-refractivity contribution in [1.82, 2.24) is 24.4 Å². The Balaban J connectivity index is 1.94.